The molecule has 1 aromatic heterocycles. The predicted octanol–water partition coefficient (Wildman–Crippen LogP) is 1.92. The number of alkyl halides is 3. The highest BCUT2D eigenvalue weighted by atomic mass is 32.2. The highest BCUT2D eigenvalue weighted by Crippen LogP contribution is 2.50. The van der Waals surface area contributed by atoms with Crippen LogP contribution in [0.25, 0.3) is 0 Å². The average molecular weight is 483 g/mol. The average Bonchev–Trinajstić information content (AvgIpc) is 3.32. The summed E-state index contributed by atoms with van der Waals surface area (Å²) in [6.45, 7) is 0. The van der Waals surface area contributed by atoms with Crippen LogP contribution >= 0.6 is 0 Å². The standard InChI is InChI=1S/C19H16F3N5O5S/c20-19(21,22)33(31,32)13-3-1-12(2-4-13)27-15(28)18(26-17(27)30)9-11(18)7-10-5-6-24-14(8-10)25-16(23)29/h1-6,8,11H,7,9H2,(H,26,30)(H3,23,24,25,29). The molecule has 0 bridgehead atoms. The second-order valence-corrected chi connectivity index (χ2v) is 9.57. The summed E-state index contributed by atoms with van der Waals surface area (Å²) in [6, 6.07) is 5.03. The van der Waals surface area contributed by atoms with E-state index in [1.54, 1.807) is 12.1 Å². The number of nitrogens with two attached hydrogens (primary N) is 1. The van der Waals surface area contributed by atoms with Crippen LogP contribution in [0.4, 0.5) is 34.3 Å². The zero-order valence-corrected chi connectivity index (χ0v) is 17.4. The van der Waals surface area contributed by atoms with Crippen LogP contribution < -0.4 is 21.3 Å². The van der Waals surface area contributed by atoms with Gasteiger partial charge < -0.3 is 11.1 Å². The van der Waals surface area contributed by atoms with Crippen molar-refractivity contribution in [3.05, 3.63) is 48.2 Å². The second kappa shape index (κ2) is 7.43. The third-order valence-corrected chi connectivity index (χ3v) is 6.99. The first-order valence-corrected chi connectivity index (χ1v) is 10.9. The zero-order chi connectivity index (χ0) is 24.2. The van der Waals surface area contributed by atoms with Gasteiger partial charge >= 0.3 is 17.6 Å². The van der Waals surface area contributed by atoms with Crippen molar-refractivity contribution in [2.45, 2.75) is 28.8 Å². The SMILES string of the molecule is NC(=O)Nc1cc(CC2CC23NC(=O)N(c2ccc(S(=O)(=O)C(F)(F)F)cc2)C3=O)ccn1. The van der Waals surface area contributed by atoms with E-state index in [9.17, 15) is 36.0 Å². The van der Waals surface area contributed by atoms with Crippen LogP contribution in [0.15, 0.2) is 47.5 Å². The number of primary amides is 1. The molecule has 2 aliphatic rings. The van der Waals surface area contributed by atoms with Gasteiger partial charge in [0.1, 0.15) is 11.4 Å². The number of benzene rings is 1. The van der Waals surface area contributed by atoms with Gasteiger partial charge in [-0.1, -0.05) is 0 Å². The minimum absolute atomic E-state index is 0.0574. The number of nitrogens with zero attached hydrogens (tertiary/aromatic N) is 2. The van der Waals surface area contributed by atoms with Crippen molar-refractivity contribution in [3.63, 3.8) is 0 Å². The molecule has 1 saturated carbocycles. The number of amides is 5. The van der Waals surface area contributed by atoms with Crippen molar-refractivity contribution in [2.75, 3.05) is 10.2 Å². The predicted molar refractivity (Wildman–Crippen MR) is 108 cm³/mol. The highest BCUT2D eigenvalue weighted by Gasteiger charge is 2.67. The topological polar surface area (TPSA) is 152 Å². The molecule has 2 heterocycles. The third kappa shape index (κ3) is 3.86. The lowest BCUT2D eigenvalue weighted by atomic mass is 10.1. The van der Waals surface area contributed by atoms with Gasteiger partial charge in [0.25, 0.3) is 15.7 Å². The minimum Gasteiger partial charge on any atom is -0.351 e. The van der Waals surface area contributed by atoms with E-state index in [-0.39, 0.29) is 17.4 Å². The van der Waals surface area contributed by atoms with Gasteiger partial charge in [0.15, 0.2) is 0 Å². The van der Waals surface area contributed by atoms with Gasteiger partial charge in [-0.3, -0.25) is 10.1 Å². The van der Waals surface area contributed by atoms with Crippen molar-refractivity contribution in [1.29, 1.82) is 0 Å². The fourth-order valence-corrected chi connectivity index (χ4v) is 4.57. The molecule has 0 radical (unpaired) electrons. The normalized spacial score (nSPS) is 22.4. The molecule has 2 aromatic rings. The number of sulfone groups is 1. The van der Waals surface area contributed by atoms with E-state index in [4.69, 9.17) is 5.73 Å². The molecule has 1 spiro atoms. The van der Waals surface area contributed by atoms with Crippen LogP contribution in [0.5, 0.6) is 0 Å². The molecule has 5 amide bonds. The molecule has 1 aliphatic carbocycles. The van der Waals surface area contributed by atoms with Crippen LogP contribution in [0, 0.1) is 5.92 Å². The Morgan fingerprint density at radius 1 is 1.24 bits per heavy atom. The van der Waals surface area contributed by atoms with Gasteiger partial charge in [-0.25, -0.2) is 27.9 Å². The molecule has 2 fully saturated rings. The van der Waals surface area contributed by atoms with E-state index >= 15 is 0 Å². The summed E-state index contributed by atoms with van der Waals surface area (Å²) in [5.74, 6) is -0.631. The number of aromatic nitrogens is 1. The van der Waals surface area contributed by atoms with Crippen molar-refractivity contribution < 1.29 is 36.0 Å². The maximum atomic E-state index is 13.0. The largest absolute Gasteiger partial charge is 0.501 e. The summed E-state index contributed by atoms with van der Waals surface area (Å²) in [4.78, 5) is 40.2. The summed E-state index contributed by atoms with van der Waals surface area (Å²) >= 11 is 0. The second-order valence-electron chi connectivity index (χ2n) is 7.63. The molecule has 14 heteroatoms. The molecule has 33 heavy (non-hydrogen) atoms. The summed E-state index contributed by atoms with van der Waals surface area (Å²) in [6.07, 6.45) is 2.15. The monoisotopic (exact) mass is 483 g/mol. The third-order valence-electron chi connectivity index (χ3n) is 5.49. The summed E-state index contributed by atoms with van der Waals surface area (Å²) < 4.78 is 61.2. The summed E-state index contributed by atoms with van der Waals surface area (Å²) in [5.41, 5.74) is -0.903. The van der Waals surface area contributed by atoms with Gasteiger partial charge in [-0.05, 0) is 60.7 Å². The molecule has 4 N–H and O–H groups in total. The van der Waals surface area contributed by atoms with E-state index in [2.05, 4.69) is 15.6 Å². The van der Waals surface area contributed by atoms with E-state index < -0.39 is 43.7 Å². The van der Waals surface area contributed by atoms with Crippen LogP contribution in [0.1, 0.15) is 12.0 Å². The maximum absolute atomic E-state index is 13.0. The first kappa shape index (κ1) is 22.5. The number of imide groups is 1. The lowest BCUT2D eigenvalue weighted by Gasteiger charge is -2.14. The number of carbonyl (C=O) groups is 3. The molecule has 2 unspecified atom stereocenters. The number of pyridine rings is 1. The molecule has 1 aromatic carbocycles. The van der Waals surface area contributed by atoms with E-state index in [0.717, 1.165) is 22.6 Å². The quantitative estimate of drug-likeness (QED) is 0.553. The molecule has 1 saturated heterocycles. The Morgan fingerprint density at radius 2 is 1.91 bits per heavy atom. The minimum atomic E-state index is -5.55. The Kier molecular flexibility index (Phi) is 5.07. The number of hydrogen-bond donors (Lipinski definition) is 3. The Hall–Kier alpha value is -3.68. The van der Waals surface area contributed by atoms with Crippen molar-refractivity contribution in [1.82, 2.24) is 10.3 Å². The van der Waals surface area contributed by atoms with E-state index in [0.29, 0.717) is 25.0 Å². The van der Waals surface area contributed by atoms with Crippen LogP contribution in [0.2, 0.25) is 0 Å². The lowest BCUT2D eigenvalue weighted by Crippen LogP contribution is -2.35. The molecule has 10 nitrogen and oxygen atoms in total. The van der Waals surface area contributed by atoms with Gasteiger partial charge in [-0.2, -0.15) is 13.2 Å². The number of nitrogens with one attached hydrogen (secondary N) is 2. The zero-order valence-electron chi connectivity index (χ0n) is 16.6. The van der Waals surface area contributed by atoms with Gasteiger partial charge in [-0.15, -0.1) is 0 Å². The highest BCUT2D eigenvalue weighted by molar-refractivity contribution is 7.92. The number of hydrogen-bond acceptors (Lipinski definition) is 6. The Morgan fingerprint density at radius 3 is 2.52 bits per heavy atom. The van der Waals surface area contributed by atoms with E-state index in [1.165, 1.54) is 6.20 Å². The van der Waals surface area contributed by atoms with Gasteiger partial charge in [0.2, 0.25) is 0 Å². The number of rotatable bonds is 5. The van der Waals surface area contributed by atoms with Gasteiger partial charge in [0.05, 0.1) is 10.6 Å². The molecular weight excluding hydrogens is 467 g/mol. The lowest BCUT2D eigenvalue weighted by molar-refractivity contribution is -0.119. The molecule has 174 valence electrons. The molecule has 1 aliphatic heterocycles. The summed E-state index contributed by atoms with van der Waals surface area (Å²) in [5, 5.41) is 4.96. The first-order valence-electron chi connectivity index (χ1n) is 9.45. The molecule has 2 atom stereocenters. The fraction of sp³-hybridized carbons (Fsp3) is 0.263. The smallest absolute Gasteiger partial charge is 0.351 e. The first-order chi connectivity index (χ1) is 15.3. The van der Waals surface area contributed by atoms with Crippen molar-refractivity contribution >= 4 is 39.3 Å². The van der Waals surface area contributed by atoms with Crippen molar-refractivity contribution in [3.8, 4) is 0 Å². The van der Waals surface area contributed by atoms with Crippen LogP contribution in [-0.4, -0.2) is 42.4 Å². The summed E-state index contributed by atoms with van der Waals surface area (Å²) in [7, 11) is -5.55. The number of carbonyl (C=O) groups excluding carboxylic acids is 3. The number of urea groups is 2. The maximum Gasteiger partial charge on any atom is 0.501 e. The Bertz CT molecular complexity index is 1270. The molecule has 4 rings (SSSR count). The molecular formula is C19H16F3N5O5S. The van der Waals surface area contributed by atoms with Gasteiger partial charge in [0, 0.05) is 6.20 Å². The van der Waals surface area contributed by atoms with Crippen LogP contribution in [0.3, 0.4) is 0 Å². The van der Waals surface area contributed by atoms with E-state index in [1.807, 2.05) is 0 Å². The van der Waals surface area contributed by atoms with Crippen molar-refractivity contribution in [2.24, 2.45) is 11.7 Å². The Labute approximate surface area is 184 Å². The number of halogens is 3. The number of anilines is 2. The van der Waals surface area contributed by atoms with Crippen LogP contribution in [-0.2, 0) is 21.1 Å². The Balaban J connectivity index is 1.51. The fourth-order valence-electron chi connectivity index (χ4n) is 3.81.